The molecule has 1 aromatic rings. The Balaban J connectivity index is 2.74. The molecular weight excluding hydrogens is 268 g/mol. The fourth-order valence-electron chi connectivity index (χ4n) is 1.33. The molecule has 0 aliphatic heterocycles. The van der Waals surface area contributed by atoms with Crippen LogP contribution in [0.5, 0.6) is 11.5 Å². The Morgan fingerprint density at radius 1 is 1.32 bits per heavy atom. The average molecular weight is 284 g/mol. The predicted molar refractivity (Wildman–Crippen MR) is 75.9 cm³/mol. The van der Waals surface area contributed by atoms with Gasteiger partial charge in [-0.25, -0.2) is 4.79 Å². The molecule has 0 saturated carbocycles. The first-order chi connectivity index (χ1) is 9.10. The summed E-state index contributed by atoms with van der Waals surface area (Å²) in [5.41, 5.74) is 0.587. The van der Waals surface area contributed by atoms with Crippen LogP contribution in [-0.4, -0.2) is 32.0 Å². The van der Waals surface area contributed by atoms with E-state index in [2.05, 4.69) is 10.6 Å². The van der Waals surface area contributed by atoms with Gasteiger partial charge in [-0.1, -0.05) is 0 Å². The van der Waals surface area contributed by atoms with E-state index < -0.39 is 6.09 Å². The first-order valence-electron chi connectivity index (χ1n) is 5.57. The molecule has 0 aromatic heterocycles. The van der Waals surface area contributed by atoms with Gasteiger partial charge in [0.15, 0.2) is 5.11 Å². The molecule has 1 aromatic carbocycles. The van der Waals surface area contributed by atoms with Crippen molar-refractivity contribution in [2.45, 2.75) is 6.92 Å². The van der Waals surface area contributed by atoms with Gasteiger partial charge in [0.1, 0.15) is 11.5 Å². The number of thiocarbonyl (C=S) groups is 1. The van der Waals surface area contributed by atoms with Crippen molar-refractivity contribution >= 4 is 29.1 Å². The number of ether oxygens (including phenoxy) is 3. The van der Waals surface area contributed by atoms with Crippen molar-refractivity contribution in [2.24, 2.45) is 0 Å². The molecule has 0 unspecified atom stereocenters. The predicted octanol–water partition coefficient (Wildman–Crippen LogP) is 2.15. The van der Waals surface area contributed by atoms with Crippen LogP contribution >= 0.6 is 12.2 Å². The molecule has 1 amide bonds. The molecule has 1 rings (SSSR count). The molecule has 0 radical (unpaired) electrons. The van der Waals surface area contributed by atoms with Crippen molar-refractivity contribution in [1.82, 2.24) is 5.32 Å². The van der Waals surface area contributed by atoms with Crippen molar-refractivity contribution in [3.63, 3.8) is 0 Å². The monoisotopic (exact) mass is 284 g/mol. The maximum absolute atomic E-state index is 11.2. The normalized spacial score (nSPS) is 9.42. The molecule has 0 fully saturated rings. The van der Waals surface area contributed by atoms with E-state index in [1.165, 1.54) is 7.11 Å². The Kier molecular flexibility index (Phi) is 5.87. The van der Waals surface area contributed by atoms with E-state index in [1.807, 2.05) is 0 Å². The molecule has 2 N–H and O–H groups in total. The van der Waals surface area contributed by atoms with Crippen LogP contribution in [-0.2, 0) is 4.74 Å². The summed E-state index contributed by atoms with van der Waals surface area (Å²) in [5, 5.41) is 5.34. The SMILES string of the molecule is CCOC(=O)NC(=S)Nc1cc(OC)ccc1OC. The van der Waals surface area contributed by atoms with E-state index in [1.54, 1.807) is 32.2 Å². The Morgan fingerprint density at radius 3 is 2.63 bits per heavy atom. The molecule has 0 spiro atoms. The van der Waals surface area contributed by atoms with Gasteiger partial charge in [0.2, 0.25) is 0 Å². The number of nitrogens with one attached hydrogen (secondary N) is 2. The molecule has 0 saturated heterocycles. The Bertz CT molecular complexity index is 465. The third-order valence-electron chi connectivity index (χ3n) is 2.15. The van der Waals surface area contributed by atoms with Crippen LogP contribution in [0.2, 0.25) is 0 Å². The summed E-state index contributed by atoms with van der Waals surface area (Å²) in [6, 6.07) is 5.19. The fourth-order valence-corrected chi connectivity index (χ4v) is 1.52. The maximum Gasteiger partial charge on any atom is 0.413 e. The number of anilines is 1. The van der Waals surface area contributed by atoms with Gasteiger partial charge in [0, 0.05) is 6.07 Å². The summed E-state index contributed by atoms with van der Waals surface area (Å²) >= 11 is 4.99. The van der Waals surface area contributed by atoms with Gasteiger partial charge in [-0.3, -0.25) is 5.32 Å². The molecule has 19 heavy (non-hydrogen) atoms. The van der Waals surface area contributed by atoms with Gasteiger partial charge in [-0.15, -0.1) is 0 Å². The number of hydrogen-bond donors (Lipinski definition) is 2. The summed E-state index contributed by atoms with van der Waals surface area (Å²) < 4.78 is 15.0. The second kappa shape index (κ2) is 7.42. The topological polar surface area (TPSA) is 68.8 Å². The number of rotatable bonds is 4. The number of methoxy groups -OCH3 is 2. The summed E-state index contributed by atoms with van der Waals surface area (Å²) in [6.45, 7) is 1.98. The second-order valence-electron chi connectivity index (χ2n) is 3.37. The van der Waals surface area contributed by atoms with Crippen LogP contribution in [0, 0.1) is 0 Å². The number of carbonyl (C=O) groups excluding carboxylic acids is 1. The number of carbonyl (C=O) groups is 1. The van der Waals surface area contributed by atoms with Crippen LogP contribution in [0.1, 0.15) is 6.92 Å². The molecule has 0 aliphatic rings. The van der Waals surface area contributed by atoms with Crippen molar-refractivity contribution in [2.75, 3.05) is 26.1 Å². The number of amides is 1. The van der Waals surface area contributed by atoms with Crippen LogP contribution in [0.25, 0.3) is 0 Å². The lowest BCUT2D eigenvalue weighted by atomic mass is 10.2. The first-order valence-corrected chi connectivity index (χ1v) is 5.98. The molecular formula is C12H16N2O4S. The highest BCUT2D eigenvalue weighted by Gasteiger charge is 2.09. The maximum atomic E-state index is 11.2. The summed E-state index contributed by atoms with van der Waals surface area (Å²) in [6.07, 6.45) is -0.609. The highest BCUT2D eigenvalue weighted by atomic mass is 32.1. The van der Waals surface area contributed by atoms with E-state index in [-0.39, 0.29) is 11.7 Å². The lowest BCUT2D eigenvalue weighted by molar-refractivity contribution is 0.158. The van der Waals surface area contributed by atoms with E-state index in [0.29, 0.717) is 17.2 Å². The largest absolute Gasteiger partial charge is 0.497 e. The van der Waals surface area contributed by atoms with Crippen LogP contribution in [0.4, 0.5) is 10.5 Å². The minimum Gasteiger partial charge on any atom is -0.497 e. The zero-order valence-corrected chi connectivity index (χ0v) is 11.8. The molecule has 7 heteroatoms. The minimum atomic E-state index is -0.609. The van der Waals surface area contributed by atoms with Gasteiger partial charge in [0.05, 0.1) is 26.5 Å². The molecule has 104 valence electrons. The van der Waals surface area contributed by atoms with Gasteiger partial charge in [0.25, 0.3) is 0 Å². The zero-order valence-electron chi connectivity index (χ0n) is 11.0. The molecule has 0 aliphatic carbocycles. The van der Waals surface area contributed by atoms with Gasteiger partial charge >= 0.3 is 6.09 Å². The number of hydrogen-bond acceptors (Lipinski definition) is 5. The first kappa shape index (κ1) is 15.0. The van der Waals surface area contributed by atoms with E-state index in [4.69, 9.17) is 26.4 Å². The molecule has 6 nitrogen and oxygen atoms in total. The number of alkyl carbamates (subject to hydrolysis) is 1. The summed E-state index contributed by atoms with van der Waals surface area (Å²) in [5.74, 6) is 1.22. The lowest BCUT2D eigenvalue weighted by Crippen LogP contribution is -2.34. The van der Waals surface area contributed by atoms with Crippen LogP contribution in [0.15, 0.2) is 18.2 Å². The average Bonchev–Trinajstić information content (AvgIpc) is 2.38. The third kappa shape index (κ3) is 4.63. The zero-order chi connectivity index (χ0) is 14.3. The molecule has 0 atom stereocenters. The van der Waals surface area contributed by atoms with E-state index >= 15 is 0 Å². The van der Waals surface area contributed by atoms with E-state index in [0.717, 1.165) is 0 Å². The number of benzene rings is 1. The smallest absolute Gasteiger partial charge is 0.413 e. The molecule has 0 bridgehead atoms. The second-order valence-corrected chi connectivity index (χ2v) is 3.77. The summed E-state index contributed by atoms with van der Waals surface area (Å²) in [7, 11) is 3.09. The van der Waals surface area contributed by atoms with E-state index in [9.17, 15) is 4.79 Å². The Morgan fingerprint density at radius 2 is 2.05 bits per heavy atom. The van der Waals surface area contributed by atoms with Crippen molar-refractivity contribution in [3.8, 4) is 11.5 Å². The standard InChI is InChI=1S/C12H16N2O4S/c1-4-18-12(15)14-11(19)13-9-7-8(16-2)5-6-10(9)17-3/h5-7H,4H2,1-3H3,(H2,13,14,15,19). The Labute approximate surface area is 117 Å². The van der Waals surface area contributed by atoms with Crippen molar-refractivity contribution < 1.29 is 19.0 Å². The summed E-state index contributed by atoms with van der Waals surface area (Å²) in [4.78, 5) is 11.2. The Hall–Kier alpha value is -2.02. The third-order valence-corrected chi connectivity index (χ3v) is 2.35. The minimum absolute atomic E-state index is 0.116. The van der Waals surface area contributed by atoms with Gasteiger partial charge in [-0.2, -0.15) is 0 Å². The fraction of sp³-hybridized carbons (Fsp3) is 0.333. The van der Waals surface area contributed by atoms with Gasteiger partial charge in [-0.05, 0) is 31.3 Å². The quantitative estimate of drug-likeness (QED) is 0.826. The van der Waals surface area contributed by atoms with Crippen molar-refractivity contribution in [3.05, 3.63) is 18.2 Å². The molecule has 0 heterocycles. The van der Waals surface area contributed by atoms with Crippen LogP contribution in [0.3, 0.4) is 0 Å². The highest BCUT2D eigenvalue weighted by Crippen LogP contribution is 2.28. The highest BCUT2D eigenvalue weighted by molar-refractivity contribution is 7.80. The lowest BCUT2D eigenvalue weighted by Gasteiger charge is -2.13. The van der Waals surface area contributed by atoms with Crippen molar-refractivity contribution in [1.29, 1.82) is 0 Å². The van der Waals surface area contributed by atoms with Crippen LogP contribution < -0.4 is 20.1 Å². The van der Waals surface area contributed by atoms with Gasteiger partial charge < -0.3 is 19.5 Å².